The number of aromatic nitrogens is 1. The Morgan fingerprint density at radius 3 is 2.81 bits per heavy atom. The van der Waals surface area contributed by atoms with Gasteiger partial charge < -0.3 is 10.2 Å². The van der Waals surface area contributed by atoms with Gasteiger partial charge in [0.1, 0.15) is 5.82 Å². The molecular weight excluding hydrogens is 202 g/mol. The van der Waals surface area contributed by atoms with Gasteiger partial charge in [0.15, 0.2) is 0 Å². The second-order valence-electron chi connectivity index (χ2n) is 4.44. The van der Waals surface area contributed by atoms with Gasteiger partial charge in [0.05, 0.1) is 17.8 Å². The standard InChI is InChI=1S/C12H15N3O/c16-12-8-10-9(14-12)4-5-11(13-10)15-6-2-1-3-7-15/h4-5H,1-3,6-8H2,(H,14,16). The van der Waals surface area contributed by atoms with Crippen LogP contribution in [0, 0.1) is 0 Å². The average molecular weight is 217 g/mol. The molecule has 3 heterocycles. The maximum absolute atomic E-state index is 11.2. The molecule has 0 atom stereocenters. The van der Waals surface area contributed by atoms with Gasteiger partial charge in [0.2, 0.25) is 5.91 Å². The number of rotatable bonds is 1. The van der Waals surface area contributed by atoms with E-state index >= 15 is 0 Å². The molecule has 1 fully saturated rings. The van der Waals surface area contributed by atoms with Crippen LogP contribution in [0.5, 0.6) is 0 Å². The van der Waals surface area contributed by atoms with Crippen molar-refractivity contribution in [3.05, 3.63) is 17.8 Å². The largest absolute Gasteiger partial charge is 0.357 e. The van der Waals surface area contributed by atoms with Gasteiger partial charge in [-0.05, 0) is 31.4 Å². The van der Waals surface area contributed by atoms with Gasteiger partial charge in [-0.1, -0.05) is 0 Å². The Morgan fingerprint density at radius 2 is 2.00 bits per heavy atom. The molecule has 4 nitrogen and oxygen atoms in total. The molecule has 3 rings (SSSR count). The third kappa shape index (κ3) is 1.64. The van der Waals surface area contributed by atoms with Crippen LogP contribution in [0.4, 0.5) is 11.5 Å². The van der Waals surface area contributed by atoms with Gasteiger partial charge in [0.25, 0.3) is 0 Å². The summed E-state index contributed by atoms with van der Waals surface area (Å²) in [6.45, 7) is 2.18. The van der Waals surface area contributed by atoms with Crippen molar-refractivity contribution in [1.29, 1.82) is 0 Å². The number of nitrogens with zero attached hydrogens (tertiary/aromatic N) is 2. The summed E-state index contributed by atoms with van der Waals surface area (Å²) in [4.78, 5) is 18.1. The molecule has 2 aliphatic rings. The molecule has 1 amide bonds. The molecule has 0 radical (unpaired) electrons. The Labute approximate surface area is 94.7 Å². The summed E-state index contributed by atoms with van der Waals surface area (Å²) in [7, 11) is 0. The quantitative estimate of drug-likeness (QED) is 0.776. The molecule has 0 spiro atoms. The molecule has 0 aromatic carbocycles. The number of amides is 1. The number of hydrogen-bond acceptors (Lipinski definition) is 3. The zero-order chi connectivity index (χ0) is 11.0. The van der Waals surface area contributed by atoms with Crippen molar-refractivity contribution in [2.75, 3.05) is 23.3 Å². The highest BCUT2D eigenvalue weighted by atomic mass is 16.1. The van der Waals surface area contributed by atoms with Crippen LogP contribution >= 0.6 is 0 Å². The van der Waals surface area contributed by atoms with Crippen LogP contribution < -0.4 is 10.2 Å². The van der Waals surface area contributed by atoms with Gasteiger partial charge in [-0.15, -0.1) is 0 Å². The normalized spacial score (nSPS) is 19.5. The smallest absolute Gasteiger partial charge is 0.230 e. The van der Waals surface area contributed by atoms with Crippen molar-refractivity contribution < 1.29 is 4.79 Å². The molecule has 1 N–H and O–H groups in total. The first kappa shape index (κ1) is 9.63. The molecule has 0 aliphatic carbocycles. The molecule has 1 aromatic rings. The fourth-order valence-corrected chi connectivity index (χ4v) is 2.38. The number of fused-ring (bicyclic) bond motifs is 1. The second kappa shape index (κ2) is 3.77. The topological polar surface area (TPSA) is 45.2 Å². The molecule has 2 aliphatic heterocycles. The van der Waals surface area contributed by atoms with E-state index in [1.165, 1.54) is 19.3 Å². The minimum absolute atomic E-state index is 0.0540. The number of hydrogen-bond donors (Lipinski definition) is 1. The van der Waals surface area contributed by atoms with Gasteiger partial charge in [-0.25, -0.2) is 4.98 Å². The van der Waals surface area contributed by atoms with Gasteiger partial charge in [-0.3, -0.25) is 4.79 Å². The lowest BCUT2D eigenvalue weighted by Gasteiger charge is -2.27. The van der Waals surface area contributed by atoms with E-state index in [9.17, 15) is 4.79 Å². The summed E-state index contributed by atoms with van der Waals surface area (Å²) in [5.74, 6) is 1.08. The monoisotopic (exact) mass is 217 g/mol. The number of anilines is 2. The van der Waals surface area contributed by atoms with E-state index in [0.717, 1.165) is 30.3 Å². The number of nitrogens with one attached hydrogen (secondary N) is 1. The molecule has 84 valence electrons. The van der Waals surface area contributed by atoms with Crippen molar-refractivity contribution in [2.45, 2.75) is 25.7 Å². The van der Waals surface area contributed by atoms with E-state index < -0.39 is 0 Å². The van der Waals surface area contributed by atoms with Crippen LogP contribution in [0.1, 0.15) is 25.0 Å². The van der Waals surface area contributed by atoms with Gasteiger partial charge in [-0.2, -0.15) is 0 Å². The second-order valence-corrected chi connectivity index (χ2v) is 4.44. The molecule has 1 aromatic heterocycles. The lowest BCUT2D eigenvalue weighted by atomic mass is 10.1. The van der Waals surface area contributed by atoms with Crippen molar-refractivity contribution in [2.24, 2.45) is 0 Å². The van der Waals surface area contributed by atoms with E-state index in [4.69, 9.17) is 0 Å². The summed E-state index contributed by atoms with van der Waals surface area (Å²) < 4.78 is 0. The Bertz CT molecular complexity index is 424. The first-order chi connectivity index (χ1) is 7.83. The van der Waals surface area contributed by atoms with Crippen molar-refractivity contribution >= 4 is 17.4 Å². The maximum Gasteiger partial charge on any atom is 0.230 e. The molecule has 0 unspecified atom stereocenters. The van der Waals surface area contributed by atoms with Crippen molar-refractivity contribution in [3.63, 3.8) is 0 Å². The molecule has 1 saturated heterocycles. The van der Waals surface area contributed by atoms with Crippen molar-refractivity contribution in [1.82, 2.24) is 4.98 Å². The first-order valence-electron chi connectivity index (χ1n) is 5.88. The van der Waals surface area contributed by atoms with Crippen LogP contribution in [-0.4, -0.2) is 24.0 Å². The first-order valence-corrected chi connectivity index (χ1v) is 5.88. The Morgan fingerprint density at radius 1 is 1.19 bits per heavy atom. The van der Waals surface area contributed by atoms with Gasteiger partial charge in [0, 0.05) is 13.1 Å². The summed E-state index contributed by atoms with van der Waals surface area (Å²) in [6, 6.07) is 3.98. The van der Waals surface area contributed by atoms with Crippen molar-refractivity contribution in [3.8, 4) is 0 Å². The van der Waals surface area contributed by atoms with Gasteiger partial charge >= 0.3 is 0 Å². The predicted molar refractivity (Wildman–Crippen MR) is 62.6 cm³/mol. The number of carbonyl (C=O) groups excluding carboxylic acids is 1. The number of pyridine rings is 1. The molecule has 16 heavy (non-hydrogen) atoms. The number of piperidine rings is 1. The molecule has 0 saturated carbocycles. The van der Waals surface area contributed by atoms with Crippen LogP contribution in [-0.2, 0) is 11.2 Å². The highest BCUT2D eigenvalue weighted by molar-refractivity contribution is 5.98. The third-order valence-corrected chi connectivity index (χ3v) is 3.24. The molecule has 4 heteroatoms. The predicted octanol–water partition coefficient (Wildman–Crippen LogP) is 1.57. The average Bonchev–Trinajstić information content (AvgIpc) is 2.69. The summed E-state index contributed by atoms with van der Waals surface area (Å²) in [5.41, 5.74) is 1.78. The Hall–Kier alpha value is -1.58. The molecule has 0 bridgehead atoms. The highest BCUT2D eigenvalue weighted by Crippen LogP contribution is 2.25. The third-order valence-electron chi connectivity index (χ3n) is 3.24. The lowest BCUT2D eigenvalue weighted by Crippen LogP contribution is -2.30. The zero-order valence-corrected chi connectivity index (χ0v) is 9.20. The fourth-order valence-electron chi connectivity index (χ4n) is 2.38. The molecular formula is C12H15N3O. The summed E-state index contributed by atoms with van der Waals surface area (Å²) in [6.07, 6.45) is 4.24. The van der Waals surface area contributed by atoms with E-state index in [0.29, 0.717) is 6.42 Å². The van der Waals surface area contributed by atoms with Crippen LogP contribution in [0.15, 0.2) is 12.1 Å². The zero-order valence-electron chi connectivity index (χ0n) is 9.20. The Balaban J connectivity index is 1.86. The van der Waals surface area contributed by atoms with E-state index in [1.54, 1.807) is 0 Å². The van der Waals surface area contributed by atoms with E-state index in [2.05, 4.69) is 15.2 Å². The summed E-state index contributed by atoms with van der Waals surface area (Å²) in [5, 5.41) is 2.81. The SMILES string of the molecule is O=C1Cc2nc(N3CCCCC3)ccc2N1. The maximum atomic E-state index is 11.2. The minimum atomic E-state index is 0.0540. The Kier molecular flexibility index (Phi) is 2.27. The number of carbonyl (C=O) groups is 1. The van der Waals surface area contributed by atoms with E-state index in [1.807, 2.05) is 12.1 Å². The lowest BCUT2D eigenvalue weighted by molar-refractivity contribution is -0.115. The van der Waals surface area contributed by atoms with Crippen LogP contribution in [0.3, 0.4) is 0 Å². The van der Waals surface area contributed by atoms with Crippen LogP contribution in [0.2, 0.25) is 0 Å². The highest BCUT2D eigenvalue weighted by Gasteiger charge is 2.21. The minimum Gasteiger partial charge on any atom is -0.357 e. The fraction of sp³-hybridized carbons (Fsp3) is 0.500. The summed E-state index contributed by atoms with van der Waals surface area (Å²) >= 11 is 0. The van der Waals surface area contributed by atoms with E-state index in [-0.39, 0.29) is 5.91 Å². The van der Waals surface area contributed by atoms with Crippen LogP contribution in [0.25, 0.3) is 0 Å².